The lowest BCUT2D eigenvalue weighted by molar-refractivity contribution is -0.141. The van der Waals surface area contributed by atoms with Crippen molar-refractivity contribution in [2.75, 3.05) is 31.7 Å². The van der Waals surface area contributed by atoms with E-state index in [-0.39, 0.29) is 23.7 Å². The number of aliphatic hydroxyl groups excluding tert-OH is 1. The normalized spacial score (nSPS) is 15.1. The minimum Gasteiger partial charge on any atom is -0.387 e. The zero-order valence-corrected chi connectivity index (χ0v) is 17.9. The van der Waals surface area contributed by atoms with Crippen molar-refractivity contribution < 1.29 is 19.1 Å². The number of carbonyl (C=O) groups is 2. The first-order chi connectivity index (χ1) is 16.0. The van der Waals surface area contributed by atoms with E-state index in [1.54, 1.807) is 40.3 Å². The summed E-state index contributed by atoms with van der Waals surface area (Å²) in [5, 5.41) is 16.0. The lowest BCUT2D eigenvalue weighted by atomic mass is 10.0. The number of nitrogens with one attached hydrogen (secondary N) is 2. The molecule has 2 amide bonds. The van der Waals surface area contributed by atoms with Crippen molar-refractivity contribution in [3.63, 3.8) is 0 Å². The van der Waals surface area contributed by atoms with Crippen molar-refractivity contribution in [3.05, 3.63) is 71.9 Å². The van der Waals surface area contributed by atoms with E-state index in [9.17, 15) is 14.0 Å². The van der Waals surface area contributed by atoms with E-state index < -0.39 is 6.61 Å². The molecule has 1 aliphatic heterocycles. The van der Waals surface area contributed by atoms with Gasteiger partial charge in [-0.3, -0.25) is 14.6 Å². The molecule has 9 nitrogen and oxygen atoms in total. The Labute approximate surface area is 190 Å². The lowest BCUT2D eigenvalue weighted by Crippen LogP contribution is -2.56. The molecule has 1 aliphatic rings. The van der Waals surface area contributed by atoms with Crippen LogP contribution in [0.1, 0.15) is 22.3 Å². The number of carbonyl (C=O) groups excluding carboxylic acids is 2. The second-order valence-electron chi connectivity index (χ2n) is 7.79. The highest BCUT2D eigenvalue weighted by Gasteiger charge is 2.31. The molecule has 33 heavy (non-hydrogen) atoms. The summed E-state index contributed by atoms with van der Waals surface area (Å²) in [6.45, 7) is 0.998. The summed E-state index contributed by atoms with van der Waals surface area (Å²) < 4.78 is 13.2. The molecule has 3 aromatic rings. The van der Waals surface area contributed by atoms with Gasteiger partial charge >= 0.3 is 0 Å². The van der Waals surface area contributed by atoms with E-state index in [1.807, 2.05) is 6.07 Å². The van der Waals surface area contributed by atoms with Crippen LogP contribution in [0.15, 0.2) is 55.0 Å². The molecule has 4 rings (SSSR count). The van der Waals surface area contributed by atoms with Crippen LogP contribution in [-0.4, -0.2) is 69.0 Å². The fourth-order valence-electron chi connectivity index (χ4n) is 3.63. The van der Waals surface area contributed by atoms with Crippen LogP contribution < -0.4 is 10.7 Å². The molecule has 10 heteroatoms. The number of amides is 2. The predicted octanol–water partition coefficient (Wildman–Crippen LogP) is 1.19. The summed E-state index contributed by atoms with van der Waals surface area (Å²) >= 11 is 0. The van der Waals surface area contributed by atoms with E-state index in [1.165, 1.54) is 18.3 Å². The molecule has 0 radical (unpaired) electrons. The van der Waals surface area contributed by atoms with Gasteiger partial charge in [-0.25, -0.2) is 4.39 Å². The summed E-state index contributed by atoms with van der Waals surface area (Å²) in [4.78, 5) is 31.4. The summed E-state index contributed by atoms with van der Waals surface area (Å²) in [5.41, 5.74) is 5.90. The first-order valence-corrected chi connectivity index (χ1v) is 10.7. The highest BCUT2D eigenvalue weighted by molar-refractivity contribution is 5.94. The number of hydrogen-bond donors (Lipinski definition) is 3. The van der Waals surface area contributed by atoms with Gasteiger partial charge in [0.05, 0.1) is 29.7 Å². The number of benzene rings is 1. The third kappa shape index (κ3) is 5.53. The third-order valence-electron chi connectivity index (χ3n) is 5.58. The summed E-state index contributed by atoms with van der Waals surface area (Å²) in [6, 6.07) is 9.83. The van der Waals surface area contributed by atoms with Gasteiger partial charge in [-0.2, -0.15) is 9.89 Å². The average molecular weight is 452 g/mol. The molecule has 1 aromatic carbocycles. The Morgan fingerprint density at radius 1 is 1.21 bits per heavy atom. The maximum absolute atomic E-state index is 13.2. The number of hydrogen-bond acceptors (Lipinski definition) is 6. The van der Waals surface area contributed by atoms with Gasteiger partial charge in [-0.15, -0.1) is 0 Å². The Kier molecular flexibility index (Phi) is 6.94. The van der Waals surface area contributed by atoms with Gasteiger partial charge in [0, 0.05) is 31.4 Å². The number of nitrogens with zero attached hydrogens (tertiary/aromatic N) is 4. The molecule has 0 bridgehead atoms. The maximum atomic E-state index is 13.2. The van der Waals surface area contributed by atoms with Gasteiger partial charge in [0.15, 0.2) is 0 Å². The molecule has 3 N–H and O–H groups in total. The summed E-state index contributed by atoms with van der Waals surface area (Å²) in [5.74, 6) is -0.846. The fraction of sp³-hybridized carbons (Fsp3) is 0.304. The first kappa shape index (κ1) is 22.4. The molecular weight excluding hydrogens is 427 g/mol. The smallest absolute Gasteiger partial charge is 0.252 e. The Morgan fingerprint density at radius 2 is 2.09 bits per heavy atom. The molecular formula is C23H25FN6O3. The zero-order chi connectivity index (χ0) is 23.2. The van der Waals surface area contributed by atoms with Crippen LogP contribution in [0.5, 0.6) is 0 Å². The Morgan fingerprint density at radius 3 is 2.79 bits per heavy atom. The van der Waals surface area contributed by atoms with Crippen molar-refractivity contribution in [1.29, 1.82) is 0 Å². The Hall–Kier alpha value is -3.79. The number of aliphatic hydroxyl groups is 1. The van der Waals surface area contributed by atoms with Crippen molar-refractivity contribution >= 4 is 11.8 Å². The topological polar surface area (TPSA) is 112 Å². The van der Waals surface area contributed by atoms with Crippen LogP contribution in [0.3, 0.4) is 0 Å². The molecule has 1 atom stereocenters. The van der Waals surface area contributed by atoms with Gasteiger partial charge in [0.1, 0.15) is 12.4 Å². The molecule has 0 spiro atoms. The molecule has 0 unspecified atom stereocenters. The van der Waals surface area contributed by atoms with Crippen molar-refractivity contribution in [1.82, 2.24) is 25.1 Å². The zero-order valence-electron chi connectivity index (χ0n) is 17.9. The first-order valence-electron chi connectivity index (χ1n) is 10.7. The van der Waals surface area contributed by atoms with Crippen molar-refractivity contribution in [3.8, 4) is 11.3 Å². The lowest BCUT2D eigenvalue weighted by Gasteiger charge is -2.40. The quantitative estimate of drug-likeness (QED) is 0.450. The average Bonchev–Trinajstić information content (AvgIpc) is 3.27. The van der Waals surface area contributed by atoms with Crippen molar-refractivity contribution in [2.45, 2.75) is 18.9 Å². The van der Waals surface area contributed by atoms with E-state index in [0.717, 1.165) is 17.5 Å². The van der Waals surface area contributed by atoms with Gasteiger partial charge < -0.3 is 20.7 Å². The molecule has 0 saturated carbocycles. The molecule has 1 fully saturated rings. The Balaban J connectivity index is 1.27. The van der Waals surface area contributed by atoms with Crippen LogP contribution in [0.25, 0.3) is 11.3 Å². The van der Waals surface area contributed by atoms with E-state index in [2.05, 4.69) is 20.8 Å². The standard InChI is InChI=1S/C23H25FN6O3/c24-19-3-1-2-16(10-19)6-8-27-30-14-18(12-28-30)21-5-4-17(11-25-21)23(33)26-13-20-7-9-29(20)22(32)15-31/h1-5,10-12,14,20,27,31H,6-9,13,15H2,(H,26,33)/t20-/m1/s1. The second-order valence-corrected chi connectivity index (χ2v) is 7.79. The summed E-state index contributed by atoms with van der Waals surface area (Å²) in [6.07, 6.45) is 6.40. The highest BCUT2D eigenvalue weighted by Crippen LogP contribution is 2.18. The highest BCUT2D eigenvalue weighted by atomic mass is 19.1. The minimum absolute atomic E-state index is 0.0833. The number of halogens is 1. The van der Waals surface area contributed by atoms with Crippen LogP contribution in [0.4, 0.5) is 4.39 Å². The number of rotatable bonds is 9. The van der Waals surface area contributed by atoms with Crippen LogP contribution in [0, 0.1) is 5.82 Å². The van der Waals surface area contributed by atoms with Gasteiger partial charge in [0.25, 0.3) is 5.91 Å². The fourth-order valence-corrected chi connectivity index (χ4v) is 3.63. The van der Waals surface area contributed by atoms with Gasteiger partial charge in [0.2, 0.25) is 5.91 Å². The SMILES string of the molecule is O=C(NC[C@H]1CCN1C(=O)CO)c1ccc(-c2cnn(NCCc3cccc(F)c3)c2)nc1. The second kappa shape index (κ2) is 10.2. The van der Waals surface area contributed by atoms with Crippen LogP contribution >= 0.6 is 0 Å². The maximum Gasteiger partial charge on any atom is 0.252 e. The van der Waals surface area contributed by atoms with E-state index in [0.29, 0.717) is 37.3 Å². The number of pyridine rings is 1. The number of likely N-dealkylation sites (tertiary alicyclic amines) is 1. The summed E-state index contributed by atoms with van der Waals surface area (Å²) in [7, 11) is 0. The minimum atomic E-state index is -0.519. The predicted molar refractivity (Wildman–Crippen MR) is 119 cm³/mol. The molecule has 0 aliphatic carbocycles. The molecule has 172 valence electrons. The van der Waals surface area contributed by atoms with E-state index >= 15 is 0 Å². The molecule has 2 aromatic heterocycles. The molecule has 1 saturated heterocycles. The van der Waals surface area contributed by atoms with Gasteiger partial charge in [-0.1, -0.05) is 12.1 Å². The number of aromatic nitrogens is 3. The van der Waals surface area contributed by atoms with Crippen LogP contribution in [0.2, 0.25) is 0 Å². The van der Waals surface area contributed by atoms with Gasteiger partial charge in [-0.05, 0) is 42.7 Å². The molecule has 3 heterocycles. The largest absolute Gasteiger partial charge is 0.387 e. The monoisotopic (exact) mass is 452 g/mol. The third-order valence-corrected chi connectivity index (χ3v) is 5.58. The van der Waals surface area contributed by atoms with Crippen molar-refractivity contribution in [2.24, 2.45) is 0 Å². The van der Waals surface area contributed by atoms with Crippen LogP contribution in [-0.2, 0) is 11.2 Å². The van der Waals surface area contributed by atoms with E-state index in [4.69, 9.17) is 5.11 Å². The Bertz CT molecular complexity index is 1120.